The van der Waals surface area contributed by atoms with Gasteiger partial charge in [0, 0.05) is 6.54 Å². The first-order chi connectivity index (χ1) is 3.84. The lowest BCUT2D eigenvalue weighted by atomic mass is 10.1. The van der Waals surface area contributed by atoms with Crippen LogP contribution in [0.4, 0.5) is 0 Å². The monoisotopic (exact) mass is 110 g/mol. The van der Waals surface area contributed by atoms with Crippen molar-refractivity contribution in [3.05, 3.63) is 0 Å². The molecule has 1 rings (SSSR count). The van der Waals surface area contributed by atoms with Crippen LogP contribution in [0, 0.1) is 17.2 Å². The van der Waals surface area contributed by atoms with Gasteiger partial charge in [-0.2, -0.15) is 5.26 Å². The zero-order chi connectivity index (χ0) is 5.98. The van der Waals surface area contributed by atoms with Crippen LogP contribution in [0.3, 0.4) is 0 Å². The SMILES string of the molecule is N#C[C@@H]1CCNC1=O. The van der Waals surface area contributed by atoms with Gasteiger partial charge in [-0.15, -0.1) is 0 Å². The van der Waals surface area contributed by atoms with Crippen molar-refractivity contribution in [3.8, 4) is 6.07 Å². The number of nitrogens with one attached hydrogen (secondary N) is 1. The molecule has 0 spiro atoms. The van der Waals surface area contributed by atoms with Crippen molar-refractivity contribution in [2.24, 2.45) is 5.92 Å². The molecule has 8 heavy (non-hydrogen) atoms. The summed E-state index contributed by atoms with van der Waals surface area (Å²) in [5.74, 6) is -0.498. The van der Waals surface area contributed by atoms with Gasteiger partial charge in [-0.1, -0.05) is 0 Å². The molecule has 1 amide bonds. The van der Waals surface area contributed by atoms with Gasteiger partial charge in [0.15, 0.2) is 0 Å². The second kappa shape index (κ2) is 1.83. The normalized spacial score (nSPS) is 26.9. The Morgan fingerprint density at radius 2 is 2.62 bits per heavy atom. The summed E-state index contributed by atoms with van der Waals surface area (Å²) < 4.78 is 0. The van der Waals surface area contributed by atoms with E-state index in [-0.39, 0.29) is 11.8 Å². The fourth-order valence-corrected chi connectivity index (χ4v) is 0.717. The summed E-state index contributed by atoms with van der Waals surface area (Å²) in [6.07, 6.45) is 0.676. The van der Waals surface area contributed by atoms with Crippen molar-refractivity contribution >= 4 is 5.91 Å². The Bertz CT molecular complexity index is 147. The fourth-order valence-electron chi connectivity index (χ4n) is 0.717. The number of amides is 1. The maximum absolute atomic E-state index is 10.5. The minimum atomic E-state index is -0.380. The van der Waals surface area contributed by atoms with Crippen LogP contribution in [0.25, 0.3) is 0 Å². The molecule has 42 valence electrons. The van der Waals surface area contributed by atoms with Crippen LogP contribution >= 0.6 is 0 Å². The van der Waals surface area contributed by atoms with Gasteiger partial charge in [0.2, 0.25) is 5.91 Å². The molecule has 0 aromatic carbocycles. The van der Waals surface area contributed by atoms with Gasteiger partial charge < -0.3 is 5.32 Å². The van der Waals surface area contributed by atoms with E-state index < -0.39 is 0 Å². The van der Waals surface area contributed by atoms with Crippen LogP contribution in [0.2, 0.25) is 0 Å². The highest BCUT2D eigenvalue weighted by Crippen LogP contribution is 2.05. The molecular weight excluding hydrogens is 104 g/mol. The summed E-state index contributed by atoms with van der Waals surface area (Å²) >= 11 is 0. The van der Waals surface area contributed by atoms with Crippen LogP contribution in [0.5, 0.6) is 0 Å². The maximum Gasteiger partial charge on any atom is 0.237 e. The summed E-state index contributed by atoms with van der Waals surface area (Å²) in [4.78, 5) is 10.5. The summed E-state index contributed by atoms with van der Waals surface area (Å²) in [6.45, 7) is 0.664. The quantitative estimate of drug-likeness (QED) is 0.463. The number of rotatable bonds is 0. The van der Waals surface area contributed by atoms with Crippen molar-refractivity contribution in [2.45, 2.75) is 6.42 Å². The highest BCUT2D eigenvalue weighted by atomic mass is 16.2. The smallest absolute Gasteiger partial charge is 0.237 e. The third-order valence-electron chi connectivity index (χ3n) is 1.20. The van der Waals surface area contributed by atoms with E-state index in [0.29, 0.717) is 13.0 Å². The van der Waals surface area contributed by atoms with Crippen molar-refractivity contribution in [1.29, 1.82) is 5.26 Å². The first-order valence-corrected chi connectivity index (χ1v) is 2.52. The number of hydrogen-bond acceptors (Lipinski definition) is 2. The number of carbonyl (C=O) groups excluding carboxylic acids is 1. The summed E-state index contributed by atoms with van der Waals surface area (Å²) in [5.41, 5.74) is 0. The minimum Gasteiger partial charge on any atom is -0.355 e. The number of nitriles is 1. The molecule has 0 aromatic heterocycles. The van der Waals surface area contributed by atoms with Crippen LogP contribution in [0.15, 0.2) is 0 Å². The van der Waals surface area contributed by atoms with Crippen molar-refractivity contribution < 1.29 is 4.79 Å². The van der Waals surface area contributed by atoms with Crippen molar-refractivity contribution in [3.63, 3.8) is 0 Å². The first-order valence-electron chi connectivity index (χ1n) is 2.52. The van der Waals surface area contributed by atoms with Gasteiger partial charge in [-0.3, -0.25) is 4.79 Å². The molecule has 0 bridgehead atoms. The van der Waals surface area contributed by atoms with E-state index in [1.165, 1.54) is 0 Å². The lowest BCUT2D eigenvalue weighted by Crippen LogP contribution is -2.17. The standard InChI is InChI=1S/C5H6N2O/c6-3-4-1-2-7-5(4)8/h4H,1-2H2,(H,7,8)/t4-/m0/s1. The number of carbonyl (C=O) groups is 1. The van der Waals surface area contributed by atoms with Crippen LogP contribution in [-0.2, 0) is 4.79 Å². The molecule has 3 nitrogen and oxygen atoms in total. The largest absolute Gasteiger partial charge is 0.355 e. The van der Waals surface area contributed by atoms with Gasteiger partial charge in [0.05, 0.1) is 6.07 Å². The molecule has 1 saturated heterocycles. The summed E-state index contributed by atoms with van der Waals surface area (Å²) in [7, 11) is 0. The van der Waals surface area contributed by atoms with Crippen molar-refractivity contribution in [1.82, 2.24) is 5.32 Å². The highest BCUT2D eigenvalue weighted by Gasteiger charge is 2.22. The Hall–Kier alpha value is -1.04. The van der Waals surface area contributed by atoms with E-state index in [0.717, 1.165) is 0 Å². The molecule has 1 fully saturated rings. The third kappa shape index (κ3) is 0.648. The highest BCUT2D eigenvalue weighted by molar-refractivity contribution is 5.82. The Balaban J connectivity index is 2.58. The zero-order valence-corrected chi connectivity index (χ0v) is 4.35. The average molecular weight is 110 g/mol. The molecule has 0 saturated carbocycles. The van der Waals surface area contributed by atoms with E-state index in [2.05, 4.69) is 5.32 Å². The molecule has 1 atom stereocenters. The molecule has 1 aliphatic heterocycles. The summed E-state index contributed by atoms with van der Waals surface area (Å²) in [5, 5.41) is 10.8. The lowest BCUT2D eigenvalue weighted by Gasteiger charge is -1.87. The molecular formula is C5H6N2O. The molecule has 0 radical (unpaired) electrons. The predicted molar refractivity (Wildman–Crippen MR) is 26.7 cm³/mol. The molecule has 0 aromatic rings. The Morgan fingerprint density at radius 3 is 2.88 bits per heavy atom. The minimum absolute atomic E-state index is 0.118. The van der Waals surface area contributed by atoms with Gasteiger partial charge in [-0.25, -0.2) is 0 Å². The Labute approximate surface area is 47.3 Å². The number of hydrogen-bond donors (Lipinski definition) is 1. The maximum atomic E-state index is 10.5. The van der Waals surface area contributed by atoms with E-state index in [1.807, 2.05) is 6.07 Å². The predicted octanol–water partition coefficient (Wildman–Crippen LogP) is -0.354. The van der Waals surface area contributed by atoms with Gasteiger partial charge in [-0.05, 0) is 6.42 Å². The average Bonchev–Trinajstić information content (AvgIpc) is 2.14. The van der Waals surface area contributed by atoms with Crippen LogP contribution < -0.4 is 5.32 Å². The van der Waals surface area contributed by atoms with Gasteiger partial charge >= 0.3 is 0 Å². The molecule has 0 aliphatic carbocycles. The number of nitrogens with zero attached hydrogens (tertiary/aromatic N) is 1. The van der Waals surface area contributed by atoms with Crippen LogP contribution in [0.1, 0.15) is 6.42 Å². The molecule has 3 heteroatoms. The Kier molecular flexibility index (Phi) is 1.17. The molecule has 1 N–H and O–H groups in total. The fraction of sp³-hybridized carbons (Fsp3) is 0.600. The third-order valence-corrected chi connectivity index (χ3v) is 1.20. The van der Waals surface area contributed by atoms with E-state index in [9.17, 15) is 4.79 Å². The van der Waals surface area contributed by atoms with E-state index in [4.69, 9.17) is 5.26 Å². The molecule has 0 unspecified atom stereocenters. The molecule has 1 aliphatic rings. The summed E-state index contributed by atoms with van der Waals surface area (Å²) in [6, 6.07) is 1.90. The van der Waals surface area contributed by atoms with Crippen molar-refractivity contribution in [2.75, 3.05) is 6.54 Å². The second-order valence-electron chi connectivity index (χ2n) is 1.76. The van der Waals surface area contributed by atoms with E-state index in [1.54, 1.807) is 0 Å². The lowest BCUT2D eigenvalue weighted by molar-refractivity contribution is -0.121. The van der Waals surface area contributed by atoms with Crippen LogP contribution in [-0.4, -0.2) is 12.5 Å². The molecule has 1 heterocycles. The first kappa shape index (κ1) is 5.10. The topological polar surface area (TPSA) is 52.9 Å². The van der Waals surface area contributed by atoms with Gasteiger partial charge in [0.1, 0.15) is 5.92 Å². The van der Waals surface area contributed by atoms with Gasteiger partial charge in [0.25, 0.3) is 0 Å². The Morgan fingerprint density at radius 1 is 1.88 bits per heavy atom. The second-order valence-corrected chi connectivity index (χ2v) is 1.76. The zero-order valence-electron chi connectivity index (χ0n) is 4.35. The van der Waals surface area contributed by atoms with E-state index >= 15 is 0 Å².